The minimum absolute atomic E-state index is 0.194. The lowest BCUT2D eigenvalue weighted by Gasteiger charge is -2.46. The van der Waals surface area contributed by atoms with Gasteiger partial charge >= 0.3 is 0 Å². The van der Waals surface area contributed by atoms with Crippen molar-refractivity contribution in [2.45, 2.75) is 89.9 Å². The van der Waals surface area contributed by atoms with Crippen LogP contribution in [-0.2, 0) is 9.47 Å². The van der Waals surface area contributed by atoms with Crippen molar-refractivity contribution in [1.82, 2.24) is 5.32 Å². The molecule has 124 valence electrons. The highest BCUT2D eigenvalue weighted by Gasteiger charge is 2.41. The van der Waals surface area contributed by atoms with Crippen molar-refractivity contribution in [2.75, 3.05) is 19.8 Å². The van der Waals surface area contributed by atoms with E-state index in [1.165, 1.54) is 51.4 Å². The second-order valence-corrected chi connectivity index (χ2v) is 6.99. The minimum Gasteiger partial charge on any atom is -0.377 e. The Morgan fingerprint density at radius 1 is 1.24 bits per heavy atom. The van der Waals surface area contributed by atoms with Gasteiger partial charge in [-0.05, 0) is 58.4 Å². The molecule has 1 saturated carbocycles. The lowest BCUT2D eigenvalue weighted by Crippen LogP contribution is -2.52. The van der Waals surface area contributed by atoms with Crippen molar-refractivity contribution in [3.63, 3.8) is 0 Å². The van der Waals surface area contributed by atoms with Gasteiger partial charge in [0.05, 0.1) is 11.7 Å². The Balaban J connectivity index is 2.00. The fourth-order valence-corrected chi connectivity index (χ4v) is 4.31. The van der Waals surface area contributed by atoms with E-state index >= 15 is 0 Å². The third-order valence-corrected chi connectivity index (χ3v) is 5.37. The summed E-state index contributed by atoms with van der Waals surface area (Å²) in [6.45, 7) is 9.40. The molecule has 0 bridgehead atoms. The number of ether oxygens (including phenoxy) is 2. The first-order valence-electron chi connectivity index (χ1n) is 9.19. The van der Waals surface area contributed by atoms with E-state index in [0.29, 0.717) is 18.1 Å². The summed E-state index contributed by atoms with van der Waals surface area (Å²) in [5.74, 6) is 0.699. The second-order valence-electron chi connectivity index (χ2n) is 6.99. The molecule has 0 amide bonds. The molecule has 1 spiro atoms. The highest BCUT2D eigenvalue weighted by Crippen LogP contribution is 2.42. The summed E-state index contributed by atoms with van der Waals surface area (Å²) in [5, 5.41) is 3.77. The van der Waals surface area contributed by atoms with Crippen LogP contribution in [0.5, 0.6) is 0 Å². The standard InChI is InChI=1S/C18H35NO2/c1-4-12-19-17(15(3)20-5-2)16-9-13-21-18(14-16)10-7-6-8-11-18/h15-17,19H,4-14H2,1-3H3. The number of nitrogens with one attached hydrogen (secondary N) is 1. The minimum atomic E-state index is 0.194. The maximum Gasteiger partial charge on any atom is 0.0702 e. The third-order valence-electron chi connectivity index (χ3n) is 5.37. The molecule has 2 fully saturated rings. The van der Waals surface area contributed by atoms with Crippen molar-refractivity contribution in [3.05, 3.63) is 0 Å². The van der Waals surface area contributed by atoms with E-state index in [4.69, 9.17) is 9.47 Å². The molecule has 0 aromatic heterocycles. The summed E-state index contributed by atoms with van der Waals surface area (Å²) in [6.07, 6.45) is 10.5. The van der Waals surface area contributed by atoms with E-state index in [1.807, 2.05) is 0 Å². The largest absolute Gasteiger partial charge is 0.377 e. The average molecular weight is 297 g/mol. The van der Waals surface area contributed by atoms with Crippen LogP contribution >= 0.6 is 0 Å². The Morgan fingerprint density at radius 2 is 2.00 bits per heavy atom. The fraction of sp³-hybridized carbons (Fsp3) is 1.00. The van der Waals surface area contributed by atoms with Gasteiger partial charge in [-0.3, -0.25) is 0 Å². The second kappa shape index (κ2) is 8.50. The zero-order chi connectivity index (χ0) is 15.1. The molecule has 1 heterocycles. The summed E-state index contributed by atoms with van der Waals surface area (Å²) in [4.78, 5) is 0. The van der Waals surface area contributed by atoms with Gasteiger partial charge < -0.3 is 14.8 Å². The summed E-state index contributed by atoms with van der Waals surface area (Å²) >= 11 is 0. The highest BCUT2D eigenvalue weighted by atomic mass is 16.5. The van der Waals surface area contributed by atoms with Crippen LogP contribution < -0.4 is 5.32 Å². The van der Waals surface area contributed by atoms with Gasteiger partial charge in [-0.1, -0.05) is 26.2 Å². The molecule has 1 aliphatic heterocycles. The van der Waals surface area contributed by atoms with Crippen molar-refractivity contribution in [1.29, 1.82) is 0 Å². The van der Waals surface area contributed by atoms with Crippen molar-refractivity contribution >= 4 is 0 Å². The smallest absolute Gasteiger partial charge is 0.0702 e. The summed E-state index contributed by atoms with van der Waals surface area (Å²) in [5.41, 5.74) is 0.194. The Kier molecular flexibility index (Phi) is 6.97. The van der Waals surface area contributed by atoms with Crippen LogP contribution in [-0.4, -0.2) is 37.5 Å². The van der Waals surface area contributed by atoms with Crippen molar-refractivity contribution < 1.29 is 9.47 Å². The molecule has 3 heteroatoms. The van der Waals surface area contributed by atoms with Crippen LogP contribution in [0.2, 0.25) is 0 Å². The summed E-state index contributed by atoms with van der Waals surface area (Å²) in [7, 11) is 0. The van der Waals surface area contributed by atoms with E-state index in [-0.39, 0.29) is 5.60 Å². The molecule has 1 aliphatic carbocycles. The summed E-state index contributed by atoms with van der Waals surface area (Å²) < 4.78 is 12.2. The predicted molar refractivity (Wildman–Crippen MR) is 87.7 cm³/mol. The molecule has 2 aliphatic rings. The Bertz CT molecular complexity index is 283. The van der Waals surface area contributed by atoms with E-state index in [9.17, 15) is 0 Å². The molecule has 0 radical (unpaired) electrons. The first-order valence-corrected chi connectivity index (χ1v) is 9.19. The number of rotatable bonds is 7. The first kappa shape index (κ1) is 17.2. The van der Waals surface area contributed by atoms with Gasteiger partial charge in [0, 0.05) is 19.3 Å². The molecular weight excluding hydrogens is 262 g/mol. The van der Waals surface area contributed by atoms with Gasteiger partial charge in [0.1, 0.15) is 0 Å². The van der Waals surface area contributed by atoms with E-state index in [1.54, 1.807) is 0 Å². The molecular formula is C18H35NO2. The lowest BCUT2D eigenvalue weighted by atomic mass is 9.73. The number of hydrogen-bond donors (Lipinski definition) is 1. The lowest BCUT2D eigenvalue weighted by molar-refractivity contribution is -0.128. The van der Waals surface area contributed by atoms with Gasteiger partial charge in [0.2, 0.25) is 0 Å². The fourth-order valence-electron chi connectivity index (χ4n) is 4.31. The Hall–Kier alpha value is -0.120. The molecule has 2 rings (SSSR count). The normalized spacial score (nSPS) is 28.4. The van der Waals surface area contributed by atoms with Crippen LogP contribution in [0.1, 0.15) is 72.1 Å². The summed E-state index contributed by atoms with van der Waals surface area (Å²) in [6, 6.07) is 0.479. The van der Waals surface area contributed by atoms with E-state index in [2.05, 4.69) is 26.1 Å². The Morgan fingerprint density at radius 3 is 2.67 bits per heavy atom. The third kappa shape index (κ3) is 4.67. The zero-order valence-electron chi connectivity index (χ0n) is 14.3. The topological polar surface area (TPSA) is 30.5 Å². The molecule has 21 heavy (non-hydrogen) atoms. The molecule has 0 aromatic rings. The molecule has 1 N–H and O–H groups in total. The maximum atomic E-state index is 6.26. The zero-order valence-corrected chi connectivity index (χ0v) is 14.3. The molecule has 3 unspecified atom stereocenters. The van der Waals surface area contributed by atoms with Gasteiger partial charge in [-0.15, -0.1) is 0 Å². The SMILES string of the molecule is CCCNC(C1CCOC2(CCCCC2)C1)C(C)OCC. The molecule has 0 aromatic carbocycles. The van der Waals surface area contributed by atoms with Crippen LogP contribution in [0.15, 0.2) is 0 Å². The van der Waals surface area contributed by atoms with Gasteiger partial charge in [-0.25, -0.2) is 0 Å². The molecule has 3 nitrogen and oxygen atoms in total. The van der Waals surface area contributed by atoms with Crippen LogP contribution in [0.25, 0.3) is 0 Å². The first-order chi connectivity index (χ1) is 10.2. The quantitative estimate of drug-likeness (QED) is 0.773. The van der Waals surface area contributed by atoms with Crippen LogP contribution in [0.3, 0.4) is 0 Å². The van der Waals surface area contributed by atoms with Crippen molar-refractivity contribution in [2.24, 2.45) is 5.92 Å². The maximum absolute atomic E-state index is 6.26. The van der Waals surface area contributed by atoms with Crippen molar-refractivity contribution in [3.8, 4) is 0 Å². The van der Waals surface area contributed by atoms with Gasteiger partial charge in [0.25, 0.3) is 0 Å². The van der Waals surface area contributed by atoms with Gasteiger partial charge in [0.15, 0.2) is 0 Å². The van der Waals surface area contributed by atoms with Gasteiger partial charge in [-0.2, -0.15) is 0 Å². The Labute approximate surface area is 131 Å². The van der Waals surface area contributed by atoms with E-state index in [0.717, 1.165) is 19.8 Å². The number of hydrogen-bond acceptors (Lipinski definition) is 3. The predicted octanol–water partition coefficient (Wildman–Crippen LogP) is 3.91. The molecule has 1 saturated heterocycles. The molecule has 3 atom stereocenters. The average Bonchev–Trinajstić information content (AvgIpc) is 2.49. The highest BCUT2D eigenvalue weighted by molar-refractivity contribution is 4.94. The van der Waals surface area contributed by atoms with Crippen LogP contribution in [0.4, 0.5) is 0 Å². The monoisotopic (exact) mass is 297 g/mol. The van der Waals surface area contributed by atoms with Crippen LogP contribution in [0, 0.1) is 5.92 Å². The van der Waals surface area contributed by atoms with E-state index < -0.39 is 0 Å².